The number of hydrogen-bond donors (Lipinski definition) is 3. The molecular formula is C15H26F3N3O2S2. The molecule has 0 aromatic rings. The van der Waals surface area contributed by atoms with Gasteiger partial charge in [0, 0.05) is 18.9 Å². The van der Waals surface area contributed by atoms with E-state index < -0.39 is 28.7 Å². The molecule has 0 atom stereocenters. The highest BCUT2D eigenvalue weighted by Gasteiger charge is 2.32. The fourth-order valence-electron chi connectivity index (χ4n) is 1.60. The van der Waals surface area contributed by atoms with E-state index in [1.807, 2.05) is 0 Å². The maximum atomic E-state index is 12.3. The number of carbonyl (C=O) groups is 1. The van der Waals surface area contributed by atoms with E-state index in [1.54, 1.807) is 27.7 Å². The van der Waals surface area contributed by atoms with Crippen molar-refractivity contribution in [2.45, 2.75) is 51.5 Å². The molecule has 0 aliphatic rings. The van der Waals surface area contributed by atoms with Gasteiger partial charge in [-0.05, 0) is 37.8 Å². The normalized spacial score (nSPS) is 13.7. The summed E-state index contributed by atoms with van der Waals surface area (Å²) in [6, 6.07) is 0. The first-order chi connectivity index (χ1) is 11.2. The largest absolute Gasteiger partial charge is 0.395 e. The molecule has 0 aromatic carbocycles. The average molecular weight is 402 g/mol. The standard InChI is InChI=1S/C15H26F3N3O2S2/c1-13(2,9-22)11(20-5)25-12(19)21-10(23)14(3,4)24-8-6-7-15(16,17)18/h22H,6-9H2,1-5H3,(H2,19,21,23). The number of thioether (sulfide) groups is 2. The van der Waals surface area contributed by atoms with Crippen molar-refractivity contribution in [3.05, 3.63) is 0 Å². The molecule has 0 aliphatic carbocycles. The van der Waals surface area contributed by atoms with Crippen molar-refractivity contribution in [1.29, 1.82) is 5.41 Å². The van der Waals surface area contributed by atoms with Crippen LogP contribution in [0.25, 0.3) is 0 Å². The van der Waals surface area contributed by atoms with Crippen molar-refractivity contribution in [2.24, 2.45) is 10.4 Å². The molecule has 0 rings (SSSR count). The third-order valence-corrected chi connectivity index (χ3v) is 5.85. The van der Waals surface area contributed by atoms with Crippen LogP contribution in [-0.2, 0) is 4.79 Å². The van der Waals surface area contributed by atoms with Gasteiger partial charge >= 0.3 is 6.18 Å². The second kappa shape index (κ2) is 9.82. The Labute approximate surface area is 155 Å². The molecule has 0 saturated carbocycles. The maximum absolute atomic E-state index is 12.3. The second-order valence-corrected chi connectivity index (χ2v) is 9.25. The lowest BCUT2D eigenvalue weighted by atomic mass is 9.97. The summed E-state index contributed by atoms with van der Waals surface area (Å²) in [5.41, 5.74) is -0.641. The molecule has 25 heavy (non-hydrogen) atoms. The van der Waals surface area contributed by atoms with E-state index in [2.05, 4.69) is 10.3 Å². The lowest BCUT2D eigenvalue weighted by Crippen LogP contribution is -2.42. The SMILES string of the molecule is CN=C(SC(=N)NC(=O)C(C)(C)SCCCC(F)(F)F)C(C)(C)CO. The summed E-state index contributed by atoms with van der Waals surface area (Å²) in [6.07, 6.45) is -5.13. The number of carbonyl (C=O) groups excluding carboxylic acids is 1. The molecule has 0 saturated heterocycles. The lowest BCUT2D eigenvalue weighted by Gasteiger charge is -2.25. The fraction of sp³-hybridized carbons (Fsp3) is 0.800. The van der Waals surface area contributed by atoms with E-state index in [4.69, 9.17) is 5.41 Å². The zero-order valence-corrected chi connectivity index (χ0v) is 16.7. The van der Waals surface area contributed by atoms with Gasteiger partial charge in [-0.3, -0.25) is 15.2 Å². The molecule has 0 bridgehead atoms. The Morgan fingerprint density at radius 3 is 2.24 bits per heavy atom. The molecule has 0 fully saturated rings. The number of hydrogen-bond acceptors (Lipinski definition) is 6. The van der Waals surface area contributed by atoms with Gasteiger partial charge in [0.25, 0.3) is 0 Å². The predicted molar refractivity (Wildman–Crippen MR) is 99.5 cm³/mol. The number of aliphatic imine (C=N–C) groups is 1. The van der Waals surface area contributed by atoms with Gasteiger partial charge in [-0.25, -0.2) is 0 Å². The first-order valence-electron chi connectivity index (χ1n) is 7.62. The summed E-state index contributed by atoms with van der Waals surface area (Å²) in [5, 5.41) is 20.0. The minimum atomic E-state index is -4.19. The van der Waals surface area contributed by atoms with Crippen molar-refractivity contribution >= 4 is 39.6 Å². The molecule has 1 amide bonds. The van der Waals surface area contributed by atoms with Gasteiger partial charge in [0.15, 0.2) is 5.17 Å². The van der Waals surface area contributed by atoms with Gasteiger partial charge in [-0.2, -0.15) is 13.2 Å². The Balaban J connectivity index is 4.57. The van der Waals surface area contributed by atoms with E-state index in [-0.39, 0.29) is 23.9 Å². The van der Waals surface area contributed by atoms with E-state index >= 15 is 0 Å². The molecule has 146 valence electrons. The first-order valence-corrected chi connectivity index (χ1v) is 9.42. The Morgan fingerprint density at radius 2 is 1.80 bits per heavy atom. The maximum Gasteiger partial charge on any atom is 0.389 e. The lowest BCUT2D eigenvalue weighted by molar-refractivity contribution is -0.134. The number of alkyl halides is 3. The fourth-order valence-corrected chi connectivity index (χ4v) is 3.35. The third kappa shape index (κ3) is 9.50. The minimum Gasteiger partial charge on any atom is -0.395 e. The average Bonchev–Trinajstić information content (AvgIpc) is 2.48. The molecule has 0 heterocycles. The Kier molecular flexibility index (Phi) is 9.53. The van der Waals surface area contributed by atoms with Crippen LogP contribution in [0, 0.1) is 10.8 Å². The Hall–Kier alpha value is -0.740. The number of nitrogens with one attached hydrogen (secondary N) is 2. The summed E-state index contributed by atoms with van der Waals surface area (Å²) in [6.45, 7) is 6.57. The number of aliphatic hydroxyl groups is 1. The van der Waals surface area contributed by atoms with Gasteiger partial charge in [-0.1, -0.05) is 13.8 Å². The van der Waals surface area contributed by atoms with Crippen molar-refractivity contribution in [2.75, 3.05) is 19.4 Å². The van der Waals surface area contributed by atoms with Gasteiger partial charge in [0.05, 0.1) is 16.4 Å². The van der Waals surface area contributed by atoms with Gasteiger partial charge in [0.2, 0.25) is 5.91 Å². The van der Waals surface area contributed by atoms with Crippen LogP contribution in [0.4, 0.5) is 13.2 Å². The second-order valence-electron chi connectivity index (χ2n) is 6.53. The van der Waals surface area contributed by atoms with Crippen LogP contribution in [0.5, 0.6) is 0 Å². The van der Waals surface area contributed by atoms with Crippen molar-refractivity contribution in [3.8, 4) is 0 Å². The van der Waals surface area contributed by atoms with Crippen molar-refractivity contribution in [3.63, 3.8) is 0 Å². The highest BCUT2D eigenvalue weighted by Crippen LogP contribution is 2.29. The third-order valence-electron chi connectivity index (χ3n) is 3.22. The van der Waals surface area contributed by atoms with E-state index in [0.717, 1.165) is 23.5 Å². The number of aliphatic hydroxyl groups excluding tert-OH is 1. The first kappa shape index (κ1) is 24.3. The zero-order valence-electron chi connectivity index (χ0n) is 15.1. The molecule has 10 heteroatoms. The van der Waals surface area contributed by atoms with Crippen LogP contribution in [0.15, 0.2) is 4.99 Å². The topological polar surface area (TPSA) is 85.5 Å². The summed E-state index contributed by atoms with van der Waals surface area (Å²) in [7, 11) is 1.54. The van der Waals surface area contributed by atoms with E-state index in [1.165, 1.54) is 7.05 Å². The van der Waals surface area contributed by atoms with Gasteiger partial charge in [0.1, 0.15) is 0 Å². The Morgan fingerprint density at radius 1 is 1.24 bits per heavy atom. The molecule has 5 nitrogen and oxygen atoms in total. The van der Waals surface area contributed by atoms with Crippen LogP contribution in [0.3, 0.4) is 0 Å². The van der Waals surface area contributed by atoms with Gasteiger partial charge < -0.3 is 10.4 Å². The zero-order chi connectivity index (χ0) is 19.9. The molecule has 0 aliphatic heterocycles. The van der Waals surface area contributed by atoms with Crippen molar-refractivity contribution in [1.82, 2.24) is 5.32 Å². The summed E-state index contributed by atoms with van der Waals surface area (Å²) < 4.78 is 35.5. The Bertz CT molecular complexity index is 507. The number of rotatable bonds is 7. The molecule has 3 N–H and O–H groups in total. The summed E-state index contributed by atoms with van der Waals surface area (Å²) in [4.78, 5) is 16.3. The van der Waals surface area contributed by atoms with Crippen LogP contribution >= 0.6 is 23.5 Å². The molecule has 0 radical (unpaired) electrons. The number of amides is 1. The van der Waals surface area contributed by atoms with Crippen LogP contribution < -0.4 is 5.32 Å². The molecule has 0 spiro atoms. The highest BCUT2D eigenvalue weighted by atomic mass is 32.2. The van der Waals surface area contributed by atoms with Crippen molar-refractivity contribution < 1.29 is 23.1 Å². The van der Waals surface area contributed by atoms with Crippen LogP contribution in [0.1, 0.15) is 40.5 Å². The van der Waals surface area contributed by atoms with Crippen LogP contribution in [-0.4, -0.2) is 51.6 Å². The quantitative estimate of drug-likeness (QED) is 0.345. The molecule has 0 aromatic heterocycles. The summed E-state index contributed by atoms with van der Waals surface area (Å²) >= 11 is 2.05. The molecular weight excluding hydrogens is 375 g/mol. The van der Waals surface area contributed by atoms with E-state index in [0.29, 0.717) is 5.04 Å². The summed E-state index contributed by atoms with van der Waals surface area (Å²) in [5.74, 6) is -0.265. The molecule has 0 unspecified atom stereocenters. The predicted octanol–water partition coefficient (Wildman–Crippen LogP) is 3.67. The monoisotopic (exact) mass is 401 g/mol. The van der Waals surface area contributed by atoms with E-state index in [9.17, 15) is 23.1 Å². The minimum absolute atomic E-state index is 0.0611. The smallest absolute Gasteiger partial charge is 0.389 e. The number of nitrogens with zero attached hydrogens (tertiary/aromatic N) is 1. The van der Waals surface area contributed by atoms with Crippen LogP contribution in [0.2, 0.25) is 0 Å². The number of amidine groups is 1. The van der Waals surface area contributed by atoms with Gasteiger partial charge in [-0.15, -0.1) is 11.8 Å². The number of halogens is 3. The highest BCUT2D eigenvalue weighted by molar-refractivity contribution is 8.26.